The van der Waals surface area contributed by atoms with Gasteiger partial charge in [-0.15, -0.1) is 0 Å². The number of nitrogens with zero attached hydrogens (tertiary/aromatic N) is 2. The molecular weight excluding hydrogens is 349 g/mol. The summed E-state index contributed by atoms with van der Waals surface area (Å²) in [5.41, 5.74) is 1.10. The zero-order valence-corrected chi connectivity index (χ0v) is 13.0. The van der Waals surface area contributed by atoms with Crippen molar-refractivity contribution in [2.24, 2.45) is 0 Å². The van der Waals surface area contributed by atoms with Crippen LogP contribution in [0, 0.1) is 3.57 Å². The third-order valence-corrected chi connectivity index (χ3v) is 4.46. The summed E-state index contributed by atoms with van der Waals surface area (Å²) in [5, 5.41) is 3.43. The second kappa shape index (κ2) is 5.94. The summed E-state index contributed by atoms with van der Waals surface area (Å²) in [6, 6.07) is 9.03. The van der Waals surface area contributed by atoms with Crippen LogP contribution in [-0.4, -0.2) is 9.55 Å². The Labute approximate surface area is 127 Å². The molecule has 1 heterocycles. The van der Waals surface area contributed by atoms with E-state index in [-0.39, 0.29) is 0 Å². The highest BCUT2D eigenvalue weighted by molar-refractivity contribution is 14.1. The Morgan fingerprint density at radius 3 is 2.58 bits per heavy atom. The van der Waals surface area contributed by atoms with Crippen molar-refractivity contribution in [3.8, 4) is 0 Å². The molecule has 0 radical (unpaired) electrons. The molecule has 0 amide bonds. The van der Waals surface area contributed by atoms with Crippen molar-refractivity contribution in [1.82, 2.24) is 9.55 Å². The van der Waals surface area contributed by atoms with Crippen molar-refractivity contribution in [3.63, 3.8) is 0 Å². The second-order valence-electron chi connectivity index (χ2n) is 5.08. The van der Waals surface area contributed by atoms with Crippen LogP contribution in [0.4, 0.5) is 11.6 Å². The predicted molar refractivity (Wildman–Crippen MR) is 86.8 cm³/mol. The zero-order chi connectivity index (χ0) is 13.1. The Kier molecular flexibility index (Phi) is 4.06. The molecule has 1 N–H and O–H groups in total. The smallest absolute Gasteiger partial charge is 0.207 e. The van der Waals surface area contributed by atoms with E-state index in [1.807, 2.05) is 6.20 Å². The first-order valence-corrected chi connectivity index (χ1v) is 7.96. The summed E-state index contributed by atoms with van der Waals surface area (Å²) in [7, 11) is 0. The molecule has 0 bridgehead atoms. The molecule has 0 spiro atoms. The Bertz CT molecular complexity index is 527. The van der Waals surface area contributed by atoms with Gasteiger partial charge in [0.1, 0.15) is 0 Å². The van der Waals surface area contributed by atoms with Gasteiger partial charge in [-0.2, -0.15) is 0 Å². The fraction of sp³-hybridized carbons (Fsp3) is 0.400. The number of anilines is 2. The topological polar surface area (TPSA) is 29.9 Å². The van der Waals surface area contributed by atoms with Crippen LogP contribution < -0.4 is 5.32 Å². The largest absolute Gasteiger partial charge is 0.326 e. The predicted octanol–water partition coefficient (Wildman–Crippen LogP) is 4.74. The van der Waals surface area contributed by atoms with Crippen molar-refractivity contribution >= 4 is 34.2 Å². The molecular formula is C15H18IN3. The lowest BCUT2D eigenvalue weighted by molar-refractivity contribution is 0.356. The Morgan fingerprint density at radius 2 is 1.84 bits per heavy atom. The molecule has 4 heteroatoms. The summed E-state index contributed by atoms with van der Waals surface area (Å²) in [4.78, 5) is 4.46. The maximum Gasteiger partial charge on any atom is 0.207 e. The van der Waals surface area contributed by atoms with Crippen LogP contribution in [0.5, 0.6) is 0 Å². The van der Waals surface area contributed by atoms with Crippen molar-refractivity contribution < 1.29 is 0 Å². The van der Waals surface area contributed by atoms with Gasteiger partial charge >= 0.3 is 0 Å². The van der Waals surface area contributed by atoms with Crippen molar-refractivity contribution in [2.75, 3.05) is 5.32 Å². The van der Waals surface area contributed by atoms with Crippen LogP contribution in [0.3, 0.4) is 0 Å². The number of rotatable bonds is 3. The van der Waals surface area contributed by atoms with E-state index in [1.54, 1.807) is 0 Å². The van der Waals surface area contributed by atoms with Gasteiger partial charge in [0.25, 0.3) is 0 Å². The minimum absolute atomic E-state index is 0.614. The fourth-order valence-electron chi connectivity index (χ4n) is 2.73. The molecule has 1 saturated carbocycles. The second-order valence-corrected chi connectivity index (χ2v) is 6.33. The average Bonchev–Trinajstić information content (AvgIpc) is 2.90. The maximum atomic E-state index is 4.46. The van der Waals surface area contributed by atoms with Gasteiger partial charge in [-0.25, -0.2) is 4.98 Å². The lowest BCUT2D eigenvalue weighted by Gasteiger charge is -2.24. The number of benzene rings is 1. The minimum atomic E-state index is 0.614. The fourth-order valence-corrected chi connectivity index (χ4v) is 3.09. The molecule has 2 aromatic rings. The van der Waals surface area contributed by atoms with Gasteiger partial charge in [0.2, 0.25) is 5.95 Å². The number of hydrogen-bond donors (Lipinski definition) is 1. The molecule has 0 atom stereocenters. The van der Waals surface area contributed by atoms with Crippen LogP contribution in [-0.2, 0) is 0 Å². The monoisotopic (exact) mass is 367 g/mol. The van der Waals surface area contributed by atoms with E-state index in [2.05, 4.69) is 67.9 Å². The van der Waals surface area contributed by atoms with E-state index in [9.17, 15) is 0 Å². The van der Waals surface area contributed by atoms with Crippen molar-refractivity contribution in [3.05, 3.63) is 40.2 Å². The Balaban J connectivity index is 1.77. The number of aromatic nitrogens is 2. The van der Waals surface area contributed by atoms with Crippen LogP contribution in [0.15, 0.2) is 36.7 Å². The SMILES string of the molecule is Ic1ccc(Nc2nccn2C2CCCCC2)cc1. The molecule has 19 heavy (non-hydrogen) atoms. The standard InChI is InChI=1S/C15H18IN3/c16-12-6-8-13(9-7-12)18-15-17-10-11-19(15)14-4-2-1-3-5-14/h6-11,14H,1-5H2,(H,17,18). The quantitative estimate of drug-likeness (QED) is 0.795. The van der Waals surface area contributed by atoms with E-state index < -0.39 is 0 Å². The summed E-state index contributed by atoms with van der Waals surface area (Å²) in [5.74, 6) is 0.966. The van der Waals surface area contributed by atoms with Gasteiger partial charge in [-0.05, 0) is 59.7 Å². The van der Waals surface area contributed by atoms with E-state index >= 15 is 0 Å². The molecule has 1 aliphatic rings. The lowest BCUT2D eigenvalue weighted by atomic mass is 9.95. The normalized spacial score (nSPS) is 16.5. The molecule has 0 saturated heterocycles. The highest BCUT2D eigenvalue weighted by atomic mass is 127. The third kappa shape index (κ3) is 3.11. The van der Waals surface area contributed by atoms with Gasteiger partial charge < -0.3 is 9.88 Å². The van der Waals surface area contributed by atoms with Gasteiger partial charge in [0.15, 0.2) is 0 Å². The van der Waals surface area contributed by atoms with Crippen LogP contribution in [0.25, 0.3) is 0 Å². The van der Waals surface area contributed by atoms with Crippen LogP contribution in [0.2, 0.25) is 0 Å². The molecule has 1 aliphatic carbocycles. The lowest BCUT2D eigenvalue weighted by Crippen LogP contribution is -2.14. The van der Waals surface area contributed by atoms with Crippen LogP contribution in [0.1, 0.15) is 38.1 Å². The number of hydrogen-bond acceptors (Lipinski definition) is 2. The molecule has 0 unspecified atom stereocenters. The first-order chi connectivity index (χ1) is 9.33. The van der Waals surface area contributed by atoms with E-state index in [0.29, 0.717) is 6.04 Å². The van der Waals surface area contributed by atoms with Gasteiger partial charge in [-0.1, -0.05) is 19.3 Å². The summed E-state index contributed by atoms with van der Waals surface area (Å²) in [6.07, 6.45) is 10.6. The first-order valence-electron chi connectivity index (χ1n) is 6.88. The highest BCUT2D eigenvalue weighted by Gasteiger charge is 2.17. The van der Waals surface area contributed by atoms with Gasteiger partial charge in [0, 0.05) is 27.7 Å². The van der Waals surface area contributed by atoms with E-state index in [0.717, 1.165) is 11.6 Å². The molecule has 3 nitrogen and oxygen atoms in total. The van der Waals surface area contributed by atoms with E-state index in [4.69, 9.17) is 0 Å². The Morgan fingerprint density at radius 1 is 1.11 bits per heavy atom. The summed E-state index contributed by atoms with van der Waals surface area (Å²) in [6.45, 7) is 0. The number of imidazole rings is 1. The maximum absolute atomic E-state index is 4.46. The first kappa shape index (κ1) is 13.0. The zero-order valence-electron chi connectivity index (χ0n) is 10.8. The third-order valence-electron chi connectivity index (χ3n) is 3.74. The van der Waals surface area contributed by atoms with Gasteiger partial charge in [0.05, 0.1) is 0 Å². The highest BCUT2D eigenvalue weighted by Crippen LogP contribution is 2.31. The number of nitrogens with one attached hydrogen (secondary N) is 1. The molecule has 1 aromatic heterocycles. The summed E-state index contributed by atoms with van der Waals surface area (Å²) >= 11 is 2.32. The molecule has 1 fully saturated rings. The average molecular weight is 367 g/mol. The minimum Gasteiger partial charge on any atom is -0.326 e. The van der Waals surface area contributed by atoms with Crippen molar-refractivity contribution in [1.29, 1.82) is 0 Å². The molecule has 1 aromatic carbocycles. The van der Waals surface area contributed by atoms with Gasteiger partial charge in [-0.3, -0.25) is 0 Å². The van der Waals surface area contributed by atoms with Crippen molar-refractivity contribution in [2.45, 2.75) is 38.1 Å². The molecule has 0 aliphatic heterocycles. The Hall–Kier alpha value is -1.04. The summed E-state index contributed by atoms with van der Waals surface area (Å²) < 4.78 is 3.55. The molecule has 100 valence electrons. The van der Waals surface area contributed by atoms with Crippen LogP contribution >= 0.6 is 22.6 Å². The number of halogens is 1. The van der Waals surface area contributed by atoms with E-state index in [1.165, 1.54) is 35.7 Å². The molecule has 3 rings (SSSR count).